The molecule has 0 aromatic heterocycles. The van der Waals surface area contributed by atoms with Crippen molar-refractivity contribution < 1.29 is 9.53 Å². The SMILES string of the molecule is O=C(C[C@@H]1CCCO1)NC[C@H]1CCCS1. The predicted octanol–water partition coefficient (Wildman–Crippen LogP) is 1.57. The molecule has 2 fully saturated rings. The number of hydrogen-bond donors (Lipinski definition) is 1. The Morgan fingerprint density at radius 3 is 3.00 bits per heavy atom. The molecule has 0 bridgehead atoms. The lowest BCUT2D eigenvalue weighted by atomic mass is 10.2. The highest BCUT2D eigenvalue weighted by atomic mass is 32.2. The lowest BCUT2D eigenvalue weighted by Gasteiger charge is -2.12. The van der Waals surface area contributed by atoms with Crippen molar-refractivity contribution in [2.45, 2.75) is 43.5 Å². The van der Waals surface area contributed by atoms with E-state index in [-0.39, 0.29) is 12.0 Å². The first kappa shape index (κ1) is 11.3. The van der Waals surface area contributed by atoms with Gasteiger partial charge in [-0.15, -0.1) is 0 Å². The molecule has 2 rings (SSSR count). The molecule has 1 amide bonds. The number of thioether (sulfide) groups is 1. The Hall–Kier alpha value is -0.220. The number of carbonyl (C=O) groups is 1. The molecule has 86 valence electrons. The molecule has 2 aliphatic heterocycles. The summed E-state index contributed by atoms with van der Waals surface area (Å²) in [4.78, 5) is 11.6. The molecule has 0 spiro atoms. The normalized spacial score (nSPS) is 30.7. The summed E-state index contributed by atoms with van der Waals surface area (Å²) in [6.07, 6.45) is 5.45. The fraction of sp³-hybridized carbons (Fsp3) is 0.909. The van der Waals surface area contributed by atoms with Gasteiger partial charge in [0, 0.05) is 18.4 Å². The van der Waals surface area contributed by atoms with Gasteiger partial charge >= 0.3 is 0 Å². The van der Waals surface area contributed by atoms with E-state index in [2.05, 4.69) is 5.32 Å². The maximum absolute atomic E-state index is 11.6. The lowest BCUT2D eigenvalue weighted by molar-refractivity contribution is -0.123. The first-order chi connectivity index (χ1) is 7.34. The topological polar surface area (TPSA) is 38.3 Å². The van der Waals surface area contributed by atoms with Crippen LogP contribution >= 0.6 is 11.8 Å². The van der Waals surface area contributed by atoms with Crippen LogP contribution in [-0.2, 0) is 9.53 Å². The minimum Gasteiger partial charge on any atom is -0.378 e. The zero-order valence-electron chi connectivity index (χ0n) is 9.04. The third-order valence-corrected chi connectivity index (χ3v) is 4.39. The van der Waals surface area contributed by atoms with Gasteiger partial charge < -0.3 is 10.1 Å². The van der Waals surface area contributed by atoms with Crippen molar-refractivity contribution in [3.8, 4) is 0 Å². The predicted molar refractivity (Wildman–Crippen MR) is 62.1 cm³/mol. The fourth-order valence-corrected chi connectivity index (χ4v) is 3.32. The average Bonchev–Trinajstić information content (AvgIpc) is 2.86. The minimum atomic E-state index is 0.161. The van der Waals surface area contributed by atoms with Crippen LogP contribution in [0.2, 0.25) is 0 Å². The Labute approximate surface area is 95.3 Å². The summed E-state index contributed by atoms with van der Waals surface area (Å²) in [6.45, 7) is 1.67. The highest BCUT2D eigenvalue weighted by Gasteiger charge is 2.20. The van der Waals surface area contributed by atoms with Crippen LogP contribution < -0.4 is 5.32 Å². The third-order valence-electron chi connectivity index (χ3n) is 2.99. The minimum absolute atomic E-state index is 0.161. The zero-order chi connectivity index (χ0) is 10.5. The molecule has 1 N–H and O–H groups in total. The van der Waals surface area contributed by atoms with Crippen molar-refractivity contribution in [2.24, 2.45) is 0 Å². The summed E-state index contributed by atoms with van der Waals surface area (Å²) in [6, 6.07) is 0. The van der Waals surface area contributed by atoms with Gasteiger partial charge in [0.25, 0.3) is 0 Å². The van der Waals surface area contributed by atoms with Crippen molar-refractivity contribution in [3.05, 3.63) is 0 Å². The van der Waals surface area contributed by atoms with Crippen LogP contribution in [0.4, 0.5) is 0 Å². The Morgan fingerprint density at radius 2 is 2.33 bits per heavy atom. The van der Waals surface area contributed by atoms with E-state index < -0.39 is 0 Å². The first-order valence-electron chi connectivity index (χ1n) is 5.84. The van der Waals surface area contributed by atoms with E-state index in [0.717, 1.165) is 26.0 Å². The molecule has 2 heterocycles. The molecule has 0 aromatic carbocycles. The number of nitrogens with one attached hydrogen (secondary N) is 1. The van der Waals surface area contributed by atoms with Gasteiger partial charge in [-0.3, -0.25) is 4.79 Å². The molecule has 2 aliphatic rings. The monoisotopic (exact) mass is 229 g/mol. The van der Waals surface area contributed by atoms with Gasteiger partial charge in [-0.1, -0.05) is 0 Å². The van der Waals surface area contributed by atoms with Gasteiger partial charge in [0.05, 0.1) is 12.5 Å². The van der Waals surface area contributed by atoms with Crippen LogP contribution in [0.3, 0.4) is 0 Å². The van der Waals surface area contributed by atoms with Crippen LogP contribution in [-0.4, -0.2) is 36.2 Å². The molecule has 3 nitrogen and oxygen atoms in total. The molecule has 15 heavy (non-hydrogen) atoms. The zero-order valence-corrected chi connectivity index (χ0v) is 9.85. The standard InChI is InChI=1S/C11H19NO2S/c13-11(7-9-3-1-5-14-9)12-8-10-4-2-6-15-10/h9-10H,1-8H2,(H,12,13)/t9-,10+/m0/s1. The summed E-state index contributed by atoms with van der Waals surface area (Å²) in [5, 5.41) is 3.66. The highest BCUT2D eigenvalue weighted by Crippen LogP contribution is 2.25. The first-order valence-corrected chi connectivity index (χ1v) is 6.89. The second-order valence-corrected chi connectivity index (χ2v) is 5.69. The maximum Gasteiger partial charge on any atom is 0.222 e. The van der Waals surface area contributed by atoms with Crippen LogP contribution in [0.15, 0.2) is 0 Å². The molecule has 4 heteroatoms. The summed E-state index contributed by atoms with van der Waals surface area (Å²) in [5.41, 5.74) is 0. The molecule has 2 saturated heterocycles. The second kappa shape index (κ2) is 5.75. The van der Waals surface area contributed by atoms with Gasteiger partial charge in [0.2, 0.25) is 5.91 Å². The van der Waals surface area contributed by atoms with E-state index in [4.69, 9.17) is 4.74 Å². The van der Waals surface area contributed by atoms with Crippen molar-refractivity contribution >= 4 is 17.7 Å². The van der Waals surface area contributed by atoms with Crippen LogP contribution in [0.25, 0.3) is 0 Å². The molecule has 0 aliphatic carbocycles. The van der Waals surface area contributed by atoms with Gasteiger partial charge in [-0.25, -0.2) is 0 Å². The molecular formula is C11H19NO2S. The van der Waals surface area contributed by atoms with Crippen molar-refractivity contribution in [1.29, 1.82) is 0 Å². The Morgan fingerprint density at radius 1 is 1.40 bits per heavy atom. The molecule has 0 radical (unpaired) electrons. The smallest absolute Gasteiger partial charge is 0.222 e. The van der Waals surface area contributed by atoms with E-state index in [1.165, 1.54) is 18.6 Å². The summed E-state index contributed by atoms with van der Waals surface area (Å²) < 4.78 is 5.43. The summed E-state index contributed by atoms with van der Waals surface area (Å²) in [7, 11) is 0. The number of amides is 1. The Bertz CT molecular complexity index is 211. The van der Waals surface area contributed by atoms with Crippen LogP contribution in [0.5, 0.6) is 0 Å². The van der Waals surface area contributed by atoms with Gasteiger partial charge in [0.1, 0.15) is 0 Å². The third kappa shape index (κ3) is 3.68. The van der Waals surface area contributed by atoms with E-state index in [9.17, 15) is 4.79 Å². The van der Waals surface area contributed by atoms with Crippen molar-refractivity contribution in [2.75, 3.05) is 18.9 Å². The lowest BCUT2D eigenvalue weighted by Crippen LogP contribution is -2.32. The fourth-order valence-electron chi connectivity index (χ4n) is 2.12. The number of ether oxygens (including phenoxy) is 1. The van der Waals surface area contributed by atoms with E-state index in [1.807, 2.05) is 11.8 Å². The summed E-state index contributed by atoms with van der Waals surface area (Å²) >= 11 is 1.98. The van der Waals surface area contributed by atoms with Gasteiger partial charge in [0.15, 0.2) is 0 Å². The largest absolute Gasteiger partial charge is 0.378 e. The molecular weight excluding hydrogens is 210 g/mol. The van der Waals surface area contributed by atoms with E-state index in [1.54, 1.807) is 0 Å². The molecule has 0 saturated carbocycles. The highest BCUT2D eigenvalue weighted by molar-refractivity contribution is 8.00. The molecule has 0 aromatic rings. The quantitative estimate of drug-likeness (QED) is 0.795. The van der Waals surface area contributed by atoms with Crippen LogP contribution in [0.1, 0.15) is 32.1 Å². The van der Waals surface area contributed by atoms with Crippen molar-refractivity contribution in [1.82, 2.24) is 5.32 Å². The molecule has 2 atom stereocenters. The van der Waals surface area contributed by atoms with Crippen LogP contribution in [0, 0.1) is 0 Å². The number of rotatable bonds is 4. The Kier molecular flexibility index (Phi) is 4.32. The van der Waals surface area contributed by atoms with Crippen molar-refractivity contribution in [3.63, 3.8) is 0 Å². The van der Waals surface area contributed by atoms with Gasteiger partial charge in [-0.2, -0.15) is 11.8 Å². The second-order valence-electron chi connectivity index (χ2n) is 4.28. The van der Waals surface area contributed by atoms with E-state index in [0.29, 0.717) is 11.7 Å². The maximum atomic E-state index is 11.6. The average molecular weight is 229 g/mol. The van der Waals surface area contributed by atoms with E-state index >= 15 is 0 Å². The number of carbonyl (C=O) groups excluding carboxylic acids is 1. The molecule has 0 unspecified atom stereocenters. The summed E-state index contributed by atoms with van der Waals surface area (Å²) in [5.74, 6) is 1.42. The number of hydrogen-bond acceptors (Lipinski definition) is 3. The van der Waals surface area contributed by atoms with Gasteiger partial charge in [-0.05, 0) is 31.4 Å². The Balaban J connectivity index is 1.59.